The van der Waals surface area contributed by atoms with Gasteiger partial charge in [-0.3, -0.25) is 4.79 Å². The number of benzene rings is 4. The molecule has 4 aromatic carbocycles. The van der Waals surface area contributed by atoms with Crippen LogP contribution in [0.25, 0.3) is 0 Å². The molecule has 2 aliphatic carbocycles. The van der Waals surface area contributed by atoms with Gasteiger partial charge in [0.2, 0.25) is 20.0 Å². The first-order valence-corrected chi connectivity index (χ1v) is 31.2. The molecule has 0 aliphatic heterocycles. The van der Waals surface area contributed by atoms with E-state index in [4.69, 9.17) is 74.8 Å². The summed E-state index contributed by atoms with van der Waals surface area (Å²) in [5.41, 5.74) is 3.83. The Labute approximate surface area is 492 Å². The number of Topliss-reactive ketones (excluding diaryl/α,β-unsaturated/α-hetero) is 1. The summed E-state index contributed by atoms with van der Waals surface area (Å²) < 4.78 is 90.7. The second kappa shape index (κ2) is 31.7. The lowest BCUT2D eigenvalue weighted by Crippen LogP contribution is -2.37. The number of carbonyl (C=O) groups is 2. The van der Waals surface area contributed by atoms with Crippen LogP contribution in [-0.2, 0) is 56.6 Å². The third-order valence-electron chi connectivity index (χ3n) is 14.0. The van der Waals surface area contributed by atoms with Crippen molar-refractivity contribution in [2.45, 2.75) is 85.4 Å². The molecule has 0 spiro atoms. The van der Waals surface area contributed by atoms with Crippen molar-refractivity contribution in [2.24, 2.45) is 0 Å². The van der Waals surface area contributed by atoms with Crippen LogP contribution in [0.5, 0.6) is 11.5 Å². The second-order valence-electron chi connectivity index (χ2n) is 20.1. The van der Waals surface area contributed by atoms with Crippen molar-refractivity contribution < 1.29 is 54.8 Å². The lowest BCUT2D eigenvalue weighted by molar-refractivity contribution is -0.119. The zero-order chi connectivity index (χ0) is 58.0. The number of nitrogens with one attached hydrogen (secondary N) is 2. The number of ether oxygens (including phenoxy) is 6. The maximum atomic E-state index is 13.3. The molecule has 80 heavy (non-hydrogen) atoms. The van der Waals surface area contributed by atoms with Crippen LogP contribution < -0.4 is 20.1 Å². The zero-order valence-corrected chi connectivity index (χ0v) is 51.1. The van der Waals surface area contributed by atoms with E-state index in [-0.39, 0.29) is 98.6 Å². The van der Waals surface area contributed by atoms with E-state index in [9.17, 15) is 26.4 Å². The first kappa shape index (κ1) is 65.3. The third kappa shape index (κ3) is 18.8. The summed E-state index contributed by atoms with van der Waals surface area (Å²) >= 11 is 25.6. The molecule has 6 rings (SSSR count). The highest BCUT2D eigenvalue weighted by Gasteiger charge is 2.39. The van der Waals surface area contributed by atoms with Gasteiger partial charge in [-0.05, 0) is 144 Å². The van der Waals surface area contributed by atoms with Gasteiger partial charge in [-0.1, -0.05) is 52.8 Å². The van der Waals surface area contributed by atoms with Crippen molar-refractivity contribution in [3.8, 4) is 11.5 Å². The quantitative estimate of drug-likeness (QED) is 0.0415. The molecule has 0 heterocycles. The van der Waals surface area contributed by atoms with Gasteiger partial charge in [-0.2, -0.15) is 8.61 Å². The van der Waals surface area contributed by atoms with Gasteiger partial charge in [0, 0.05) is 90.9 Å². The second-order valence-corrected chi connectivity index (χ2v) is 25.9. The van der Waals surface area contributed by atoms with E-state index in [0.717, 1.165) is 41.5 Å². The Bertz CT molecular complexity index is 2680. The third-order valence-corrected chi connectivity index (χ3v) is 18.8. The van der Waals surface area contributed by atoms with E-state index in [1.54, 1.807) is 36.4 Å². The smallest absolute Gasteiger partial charge is 0.314 e. The minimum atomic E-state index is -3.78. The van der Waals surface area contributed by atoms with Crippen molar-refractivity contribution in [3.05, 3.63) is 115 Å². The number of sulfonamides is 2. The Morgan fingerprint density at radius 3 is 1.38 bits per heavy atom. The van der Waals surface area contributed by atoms with Gasteiger partial charge in [-0.25, -0.2) is 21.6 Å². The lowest BCUT2D eigenvalue weighted by Gasteiger charge is -2.27. The summed E-state index contributed by atoms with van der Waals surface area (Å²) in [6.07, 6.45) is 4.48. The fourth-order valence-electron chi connectivity index (χ4n) is 9.35. The Morgan fingerprint density at radius 1 is 0.512 bits per heavy atom. The topological polar surface area (TPSA) is 195 Å². The van der Waals surface area contributed by atoms with Gasteiger partial charge >= 0.3 is 6.03 Å². The van der Waals surface area contributed by atoms with E-state index in [2.05, 4.69) is 20.4 Å². The average Bonchev–Trinajstić information content (AvgIpc) is 4.15. The maximum Gasteiger partial charge on any atom is 0.314 e. The molecule has 0 saturated heterocycles. The first-order valence-electron chi connectivity index (χ1n) is 26.8. The molecule has 0 saturated carbocycles. The van der Waals surface area contributed by atoms with E-state index >= 15 is 0 Å². The maximum absolute atomic E-state index is 13.3. The number of rotatable bonds is 35. The molecule has 0 radical (unpaired) electrons. The number of unbranched alkanes of at least 4 members (excludes halogenated alkanes) is 2. The Morgan fingerprint density at radius 2 is 0.925 bits per heavy atom. The van der Waals surface area contributed by atoms with E-state index in [1.807, 2.05) is 40.3 Å². The highest BCUT2D eigenvalue weighted by Crippen LogP contribution is 2.44. The highest BCUT2D eigenvalue weighted by molar-refractivity contribution is 7.89. The predicted octanol–water partition coefficient (Wildman–Crippen LogP) is 8.73. The summed E-state index contributed by atoms with van der Waals surface area (Å²) in [6, 6.07) is 19.7. The number of hydrogen-bond acceptors (Lipinski definition) is 14. The number of halogens is 4. The van der Waals surface area contributed by atoms with Gasteiger partial charge in [0.05, 0.1) is 68.1 Å². The Hall–Kier alpha value is -3.84. The summed E-state index contributed by atoms with van der Waals surface area (Å²) in [6.45, 7) is 3.26. The number of likely N-dealkylation sites (N-methyl/N-ethyl adjacent to an activating group) is 4. The van der Waals surface area contributed by atoms with Gasteiger partial charge in [0.25, 0.3) is 0 Å². The lowest BCUT2D eigenvalue weighted by atomic mass is 10.1. The molecule has 2 amide bonds. The van der Waals surface area contributed by atoms with Crippen molar-refractivity contribution >= 4 is 78.3 Å². The molecule has 442 valence electrons. The highest BCUT2D eigenvalue weighted by atomic mass is 35.5. The number of nitrogens with zero attached hydrogens (tertiary/aromatic N) is 4. The Kier molecular flexibility index (Phi) is 25.9. The minimum Gasteiger partial charge on any atom is -0.484 e. The molecule has 2 N–H and O–H groups in total. The molecule has 0 fully saturated rings. The normalized spacial score (nSPS) is 17.1. The van der Waals surface area contributed by atoms with E-state index in [0.29, 0.717) is 90.0 Å². The molecule has 18 nitrogen and oxygen atoms in total. The van der Waals surface area contributed by atoms with Crippen LogP contribution in [-0.4, -0.2) is 180 Å². The van der Waals surface area contributed by atoms with Crippen LogP contribution in [0.2, 0.25) is 20.1 Å². The summed E-state index contributed by atoms with van der Waals surface area (Å²) in [5, 5.41) is 7.80. The average molecular weight is 1230 g/mol. The van der Waals surface area contributed by atoms with E-state index < -0.39 is 20.0 Å². The van der Waals surface area contributed by atoms with Crippen LogP contribution in [0.1, 0.15) is 73.0 Å². The molecule has 4 atom stereocenters. The monoisotopic (exact) mass is 1230 g/mol. The molecular formula is C56H76Cl4N6O12S2. The fourth-order valence-corrected chi connectivity index (χ4v) is 12.8. The zero-order valence-electron chi connectivity index (χ0n) is 46.4. The summed E-state index contributed by atoms with van der Waals surface area (Å²) in [7, 11) is 3.37. The van der Waals surface area contributed by atoms with Gasteiger partial charge in [0.15, 0.2) is 0 Å². The molecule has 4 aromatic rings. The standard InChI is InChI=1S/C56H76Cl4N6O12S2/c1-63(2)52-37-46-48(33-39(57)35-50(46)59)54(52)77-42-13-17-44(18-14-42)79(69,70)65(5)23-27-75-31-29-73-25-10-12-41(67)11-8-7-9-21-61-56(68)62-22-26-74-30-32-76-28-24-66(6)80(71,72)45-19-15-43(16-20-45)78-55-49-34-40(58)36-51(60)47(49)38-53(55)64(3)4/h13-20,33-36,52-55H,7-12,21-32,37-38H2,1-6H3,(H2,61,62,68)/t52-,53-,54-,55-/m0/s1. The van der Waals surface area contributed by atoms with Crippen molar-refractivity contribution in [3.63, 3.8) is 0 Å². The number of carbonyl (C=O) groups excluding carboxylic acids is 2. The van der Waals surface area contributed by atoms with Crippen LogP contribution in [0.3, 0.4) is 0 Å². The Balaban J connectivity index is 0.711. The fraction of sp³-hybridized carbons (Fsp3) is 0.536. The SMILES string of the molecule is CN(C)[C@H]1Cc2c(Cl)cc(Cl)cc2[C@@H]1Oc1ccc(S(=O)(=O)N(C)CCOCCOCCCC(=O)CCCCCNC(=O)NCCOCCOCCN(C)S(=O)(=O)c2ccc(O[C@H]3c4cc(Cl)cc(Cl)c4C[C@@H]3N(C)C)cc2)cc1. The van der Waals surface area contributed by atoms with E-state index in [1.165, 1.54) is 47.0 Å². The molecule has 0 unspecified atom stereocenters. The van der Waals surface area contributed by atoms with Crippen molar-refractivity contribution in [1.29, 1.82) is 0 Å². The molecule has 2 aliphatic rings. The summed E-state index contributed by atoms with van der Waals surface area (Å²) in [5.74, 6) is 1.21. The van der Waals surface area contributed by atoms with Gasteiger partial charge < -0.3 is 48.9 Å². The van der Waals surface area contributed by atoms with Crippen molar-refractivity contribution in [1.82, 2.24) is 29.0 Å². The molecule has 0 aromatic heterocycles. The van der Waals surface area contributed by atoms with Gasteiger partial charge in [-0.15, -0.1) is 0 Å². The minimum absolute atomic E-state index is 0.0203. The largest absolute Gasteiger partial charge is 0.484 e. The number of ketones is 1. The number of fused-ring (bicyclic) bond motifs is 2. The number of amides is 2. The molecule has 0 bridgehead atoms. The number of hydrogen-bond donors (Lipinski definition) is 2. The predicted molar refractivity (Wildman–Crippen MR) is 312 cm³/mol. The number of urea groups is 1. The van der Waals surface area contributed by atoms with Crippen LogP contribution in [0, 0.1) is 0 Å². The molecule has 24 heteroatoms. The summed E-state index contributed by atoms with van der Waals surface area (Å²) in [4.78, 5) is 29.0. The first-order chi connectivity index (χ1) is 38.2. The van der Waals surface area contributed by atoms with Crippen LogP contribution in [0.4, 0.5) is 4.79 Å². The van der Waals surface area contributed by atoms with Crippen LogP contribution in [0.15, 0.2) is 82.6 Å². The molecular weight excluding hydrogens is 1150 g/mol. The van der Waals surface area contributed by atoms with Gasteiger partial charge in [0.1, 0.15) is 29.5 Å². The van der Waals surface area contributed by atoms with Crippen molar-refractivity contribution in [2.75, 3.05) is 121 Å². The van der Waals surface area contributed by atoms with Crippen LogP contribution >= 0.6 is 46.4 Å².